The van der Waals surface area contributed by atoms with Crippen LogP contribution in [0.1, 0.15) is 30.0 Å². The summed E-state index contributed by atoms with van der Waals surface area (Å²) >= 11 is 0. The molecule has 1 fully saturated rings. The van der Waals surface area contributed by atoms with E-state index in [1.807, 2.05) is 48.2 Å². The van der Waals surface area contributed by atoms with Gasteiger partial charge in [0.15, 0.2) is 21.3 Å². The molecule has 0 saturated carbocycles. The SMILES string of the molecule is CNC(=O)N1N=C(c2ccc(N3CCCS(=O)(=O)C3)cc2)c2cc(OC)c(OC)cc2C[C@H]1C. The Morgan fingerprint density at radius 3 is 2.41 bits per heavy atom. The average Bonchev–Trinajstić information content (AvgIpc) is 2.97. The Kier molecular flexibility index (Phi) is 6.70. The molecule has 0 bridgehead atoms. The normalized spacial score (nSPS) is 19.5. The summed E-state index contributed by atoms with van der Waals surface area (Å²) in [4.78, 5) is 14.5. The summed E-state index contributed by atoms with van der Waals surface area (Å²) in [6, 6.07) is 11.0. The van der Waals surface area contributed by atoms with Crippen LogP contribution in [0.3, 0.4) is 0 Å². The maximum Gasteiger partial charge on any atom is 0.337 e. The second kappa shape index (κ2) is 9.54. The Balaban J connectivity index is 1.79. The van der Waals surface area contributed by atoms with E-state index in [0.29, 0.717) is 36.6 Å². The van der Waals surface area contributed by atoms with Gasteiger partial charge in [-0.05, 0) is 49.6 Å². The van der Waals surface area contributed by atoms with Gasteiger partial charge in [-0.3, -0.25) is 0 Å². The first-order chi connectivity index (χ1) is 16.3. The van der Waals surface area contributed by atoms with Crippen molar-refractivity contribution in [2.24, 2.45) is 5.10 Å². The number of ether oxygens (including phenoxy) is 2. The van der Waals surface area contributed by atoms with Crippen LogP contribution in [0, 0.1) is 0 Å². The minimum Gasteiger partial charge on any atom is -0.493 e. The van der Waals surface area contributed by atoms with E-state index >= 15 is 0 Å². The van der Waals surface area contributed by atoms with Gasteiger partial charge in [0, 0.05) is 30.4 Å². The molecule has 1 atom stereocenters. The molecule has 2 heterocycles. The van der Waals surface area contributed by atoms with Gasteiger partial charge in [0.25, 0.3) is 0 Å². The van der Waals surface area contributed by atoms with Crippen molar-refractivity contribution in [1.29, 1.82) is 0 Å². The summed E-state index contributed by atoms with van der Waals surface area (Å²) in [7, 11) is 1.68. The van der Waals surface area contributed by atoms with Gasteiger partial charge in [-0.15, -0.1) is 0 Å². The highest BCUT2D eigenvalue weighted by Crippen LogP contribution is 2.35. The quantitative estimate of drug-likeness (QED) is 0.713. The minimum absolute atomic E-state index is 0.0229. The summed E-state index contributed by atoms with van der Waals surface area (Å²) in [5.41, 5.74) is 4.11. The van der Waals surface area contributed by atoms with Crippen molar-refractivity contribution in [2.75, 3.05) is 44.3 Å². The Labute approximate surface area is 200 Å². The summed E-state index contributed by atoms with van der Waals surface area (Å²) in [5.74, 6) is 1.44. The Hall–Kier alpha value is -3.27. The van der Waals surface area contributed by atoms with Crippen LogP contribution < -0.4 is 19.7 Å². The highest BCUT2D eigenvalue weighted by molar-refractivity contribution is 7.91. The monoisotopic (exact) mass is 486 g/mol. The van der Waals surface area contributed by atoms with Crippen LogP contribution in [0.2, 0.25) is 0 Å². The highest BCUT2D eigenvalue weighted by Gasteiger charge is 2.29. The van der Waals surface area contributed by atoms with Gasteiger partial charge in [-0.25, -0.2) is 18.2 Å². The Bertz CT molecular complexity index is 1210. The lowest BCUT2D eigenvalue weighted by Crippen LogP contribution is -2.41. The molecule has 0 aromatic heterocycles. The molecular weight excluding hydrogens is 456 g/mol. The van der Waals surface area contributed by atoms with Gasteiger partial charge in [0.05, 0.1) is 31.7 Å². The number of anilines is 1. The first kappa shape index (κ1) is 23.9. The molecule has 182 valence electrons. The minimum atomic E-state index is -3.07. The predicted molar refractivity (Wildman–Crippen MR) is 132 cm³/mol. The number of nitrogens with zero attached hydrogens (tertiary/aromatic N) is 3. The van der Waals surface area contributed by atoms with Gasteiger partial charge in [0.1, 0.15) is 5.88 Å². The second-order valence-corrected chi connectivity index (χ2v) is 10.7. The number of hydrogen-bond donors (Lipinski definition) is 1. The average molecular weight is 487 g/mol. The highest BCUT2D eigenvalue weighted by atomic mass is 32.2. The molecule has 0 aliphatic carbocycles. The first-order valence-electron chi connectivity index (χ1n) is 11.2. The van der Waals surface area contributed by atoms with E-state index in [2.05, 4.69) is 5.32 Å². The number of carbonyl (C=O) groups excluding carboxylic acids is 1. The summed E-state index contributed by atoms with van der Waals surface area (Å²) in [6.07, 6.45) is 1.20. The number of nitrogens with one attached hydrogen (secondary N) is 1. The van der Waals surface area contributed by atoms with Crippen molar-refractivity contribution in [1.82, 2.24) is 10.3 Å². The Morgan fingerprint density at radius 2 is 1.79 bits per heavy atom. The fraction of sp³-hybridized carbons (Fsp3) is 0.417. The van der Waals surface area contributed by atoms with Crippen molar-refractivity contribution in [3.8, 4) is 11.5 Å². The molecule has 2 aromatic rings. The van der Waals surface area contributed by atoms with Gasteiger partial charge < -0.3 is 19.7 Å². The van der Waals surface area contributed by atoms with Crippen LogP contribution in [-0.2, 0) is 16.3 Å². The van der Waals surface area contributed by atoms with Crippen molar-refractivity contribution >= 4 is 27.3 Å². The maximum atomic E-state index is 12.6. The number of carbonyl (C=O) groups is 1. The lowest BCUT2D eigenvalue weighted by molar-refractivity contribution is 0.184. The fourth-order valence-electron chi connectivity index (χ4n) is 4.42. The number of hydrazone groups is 1. The zero-order valence-corrected chi connectivity index (χ0v) is 20.7. The molecule has 9 nitrogen and oxygen atoms in total. The molecule has 1 saturated heterocycles. The van der Waals surface area contributed by atoms with Crippen molar-refractivity contribution in [3.05, 3.63) is 53.1 Å². The van der Waals surface area contributed by atoms with Crippen LogP contribution in [0.4, 0.5) is 10.5 Å². The van der Waals surface area contributed by atoms with E-state index in [1.54, 1.807) is 21.3 Å². The molecule has 2 aliphatic heterocycles. The van der Waals surface area contributed by atoms with E-state index in [9.17, 15) is 13.2 Å². The maximum absolute atomic E-state index is 12.6. The summed E-state index contributed by atoms with van der Waals surface area (Å²) in [5, 5.41) is 8.89. The van der Waals surface area contributed by atoms with Crippen LogP contribution in [0.5, 0.6) is 11.5 Å². The number of amides is 2. The third kappa shape index (κ3) is 4.68. The van der Waals surface area contributed by atoms with E-state index in [0.717, 1.165) is 22.4 Å². The van der Waals surface area contributed by atoms with Gasteiger partial charge in [-0.1, -0.05) is 12.1 Å². The molecule has 0 unspecified atom stereocenters. The predicted octanol–water partition coefficient (Wildman–Crippen LogP) is 2.62. The fourth-order valence-corrected chi connectivity index (χ4v) is 5.88. The van der Waals surface area contributed by atoms with Crippen LogP contribution >= 0.6 is 0 Å². The second-order valence-electron chi connectivity index (χ2n) is 8.51. The number of hydrogen-bond acceptors (Lipinski definition) is 7. The van der Waals surface area contributed by atoms with Crippen LogP contribution in [0.15, 0.2) is 41.5 Å². The molecule has 2 aromatic carbocycles. The molecule has 2 aliphatic rings. The van der Waals surface area contributed by atoms with Crippen molar-refractivity contribution in [2.45, 2.75) is 25.8 Å². The van der Waals surface area contributed by atoms with Gasteiger partial charge >= 0.3 is 6.03 Å². The van der Waals surface area contributed by atoms with Crippen molar-refractivity contribution < 1.29 is 22.7 Å². The zero-order chi connectivity index (χ0) is 24.5. The number of rotatable bonds is 4. The largest absolute Gasteiger partial charge is 0.493 e. The lowest BCUT2D eigenvalue weighted by Gasteiger charge is -2.28. The molecule has 4 rings (SSSR count). The van der Waals surface area contributed by atoms with Crippen LogP contribution in [0.25, 0.3) is 0 Å². The van der Waals surface area contributed by atoms with E-state index in [-0.39, 0.29) is 23.7 Å². The number of fused-ring (bicyclic) bond motifs is 1. The van der Waals surface area contributed by atoms with Gasteiger partial charge in [-0.2, -0.15) is 5.10 Å². The summed E-state index contributed by atoms with van der Waals surface area (Å²) < 4.78 is 35.2. The van der Waals surface area contributed by atoms with Crippen LogP contribution in [-0.4, -0.2) is 70.7 Å². The third-order valence-electron chi connectivity index (χ3n) is 6.17. The van der Waals surface area contributed by atoms with Gasteiger partial charge in [0.2, 0.25) is 0 Å². The van der Waals surface area contributed by atoms with E-state index in [1.165, 1.54) is 5.01 Å². The molecule has 2 amide bonds. The summed E-state index contributed by atoms with van der Waals surface area (Å²) in [6.45, 7) is 2.64. The smallest absolute Gasteiger partial charge is 0.337 e. The number of methoxy groups -OCH3 is 2. The molecule has 0 spiro atoms. The molecule has 0 radical (unpaired) electrons. The molecular formula is C24H30N4O5S. The third-order valence-corrected chi connectivity index (χ3v) is 7.78. The van der Waals surface area contributed by atoms with E-state index < -0.39 is 9.84 Å². The number of urea groups is 1. The standard InChI is InChI=1S/C24H30N4O5S/c1-16-12-18-13-21(32-3)22(33-4)14-20(18)23(26-28(16)24(29)25-2)17-6-8-19(9-7-17)27-10-5-11-34(30,31)15-27/h6-9,13-14,16H,5,10-12,15H2,1-4H3,(H,25,29)/t16-/m1/s1. The number of benzene rings is 2. The molecule has 1 N–H and O–H groups in total. The lowest BCUT2D eigenvalue weighted by atomic mass is 9.94. The van der Waals surface area contributed by atoms with E-state index in [4.69, 9.17) is 14.6 Å². The molecule has 10 heteroatoms. The molecule has 34 heavy (non-hydrogen) atoms. The topological polar surface area (TPSA) is 101 Å². The van der Waals surface area contributed by atoms with Crippen molar-refractivity contribution in [3.63, 3.8) is 0 Å². The number of sulfone groups is 1. The Morgan fingerprint density at radius 1 is 1.12 bits per heavy atom. The zero-order valence-electron chi connectivity index (χ0n) is 19.9. The first-order valence-corrected chi connectivity index (χ1v) is 13.0.